The van der Waals surface area contributed by atoms with Gasteiger partial charge in [0.15, 0.2) is 0 Å². The molecule has 4 heterocycles. The van der Waals surface area contributed by atoms with Crippen molar-refractivity contribution in [2.45, 2.75) is 0 Å². The number of H-pyrrole nitrogens is 2. The quantitative estimate of drug-likeness (QED) is 0.522. The minimum Gasteiger partial charge on any atom is -0.353 e. The van der Waals surface area contributed by atoms with Gasteiger partial charge in [0, 0.05) is 46.6 Å². The maximum atomic E-state index is 4.49. The smallest absolute Gasteiger partial charge is 0.116 e. The largest absolute Gasteiger partial charge is 0.353 e. The lowest BCUT2D eigenvalue weighted by molar-refractivity contribution is 1.12. The normalized spacial score (nSPS) is 11.3. The predicted octanol–water partition coefficient (Wildman–Crippen LogP) is 3.56. The van der Waals surface area contributed by atoms with Crippen LogP contribution in [0.3, 0.4) is 0 Å². The fourth-order valence-corrected chi connectivity index (χ4v) is 2.95. The molecule has 0 aliphatic heterocycles. The van der Waals surface area contributed by atoms with Crippen LogP contribution in [0.15, 0.2) is 61.4 Å². The molecular formula is C18H12N6. The Morgan fingerprint density at radius 1 is 0.792 bits per heavy atom. The van der Waals surface area contributed by atoms with E-state index in [0.29, 0.717) is 0 Å². The van der Waals surface area contributed by atoms with Crippen molar-refractivity contribution < 1.29 is 0 Å². The number of nitrogens with one attached hydrogen (secondary N) is 2. The molecule has 0 radical (unpaired) electrons. The summed E-state index contributed by atoms with van der Waals surface area (Å²) in [5.41, 5.74) is 5.92. The first kappa shape index (κ1) is 13.0. The molecule has 0 spiro atoms. The molecule has 5 rings (SSSR count). The first-order valence-electron chi connectivity index (χ1n) is 7.55. The van der Waals surface area contributed by atoms with Gasteiger partial charge in [-0.1, -0.05) is 6.07 Å². The second kappa shape index (κ2) is 4.99. The van der Waals surface area contributed by atoms with Crippen LogP contribution < -0.4 is 0 Å². The lowest BCUT2D eigenvalue weighted by atomic mass is 10.1. The van der Waals surface area contributed by atoms with E-state index in [1.807, 2.05) is 36.8 Å². The summed E-state index contributed by atoms with van der Waals surface area (Å²) in [6.45, 7) is 0. The minimum atomic E-state index is 0.889. The third kappa shape index (κ3) is 1.97. The van der Waals surface area contributed by atoms with Crippen LogP contribution in [0.5, 0.6) is 0 Å². The van der Waals surface area contributed by atoms with Gasteiger partial charge in [-0.05, 0) is 29.8 Å². The minimum absolute atomic E-state index is 0.889. The summed E-state index contributed by atoms with van der Waals surface area (Å²) in [7, 11) is 0. The van der Waals surface area contributed by atoms with Crippen molar-refractivity contribution >= 4 is 21.8 Å². The Kier molecular flexibility index (Phi) is 2.69. The van der Waals surface area contributed by atoms with Gasteiger partial charge in [0.25, 0.3) is 0 Å². The average Bonchev–Trinajstić information content (AvgIpc) is 3.25. The van der Waals surface area contributed by atoms with E-state index in [-0.39, 0.29) is 0 Å². The predicted molar refractivity (Wildman–Crippen MR) is 92.2 cm³/mol. The number of aromatic amines is 2. The zero-order valence-corrected chi connectivity index (χ0v) is 12.6. The summed E-state index contributed by atoms with van der Waals surface area (Å²) < 4.78 is 0. The van der Waals surface area contributed by atoms with Crippen LogP contribution in [0.4, 0.5) is 0 Å². The summed E-state index contributed by atoms with van der Waals surface area (Å²) in [6, 6.07) is 10.2. The van der Waals surface area contributed by atoms with Crippen LogP contribution in [-0.2, 0) is 0 Å². The molecule has 6 heteroatoms. The third-order valence-electron chi connectivity index (χ3n) is 4.13. The Bertz CT molecular complexity index is 1120. The highest BCUT2D eigenvalue weighted by molar-refractivity contribution is 5.97. The molecule has 6 nitrogen and oxygen atoms in total. The summed E-state index contributed by atoms with van der Waals surface area (Å²) in [5, 5.41) is 9.70. The molecule has 0 fully saturated rings. The molecule has 0 atom stereocenters. The maximum Gasteiger partial charge on any atom is 0.116 e. The Morgan fingerprint density at radius 2 is 1.71 bits per heavy atom. The van der Waals surface area contributed by atoms with Gasteiger partial charge in [-0.15, -0.1) is 0 Å². The number of benzene rings is 1. The van der Waals surface area contributed by atoms with Gasteiger partial charge < -0.3 is 4.98 Å². The number of rotatable bonds is 2. The van der Waals surface area contributed by atoms with Crippen molar-refractivity contribution in [2.75, 3.05) is 0 Å². The second-order valence-corrected chi connectivity index (χ2v) is 5.61. The Hall–Kier alpha value is -3.54. The lowest BCUT2D eigenvalue weighted by Gasteiger charge is -2.01. The van der Waals surface area contributed by atoms with Crippen LogP contribution in [0, 0.1) is 0 Å². The molecule has 0 saturated heterocycles. The summed E-state index contributed by atoms with van der Waals surface area (Å²) in [4.78, 5) is 15.7. The number of fused-ring (bicyclic) bond motifs is 2. The van der Waals surface area contributed by atoms with Crippen molar-refractivity contribution in [2.24, 2.45) is 0 Å². The van der Waals surface area contributed by atoms with Crippen LogP contribution in [0.2, 0.25) is 0 Å². The van der Waals surface area contributed by atoms with Gasteiger partial charge in [-0.2, -0.15) is 5.10 Å². The molecule has 1 aromatic carbocycles. The number of aromatic nitrogens is 6. The molecule has 2 N–H and O–H groups in total. The summed E-state index contributed by atoms with van der Waals surface area (Å²) >= 11 is 0. The fraction of sp³-hybridized carbons (Fsp3) is 0. The molecular weight excluding hydrogens is 300 g/mol. The van der Waals surface area contributed by atoms with Crippen LogP contribution in [0.1, 0.15) is 0 Å². The molecule has 0 aliphatic carbocycles. The summed E-state index contributed by atoms with van der Waals surface area (Å²) in [5.74, 6) is 0. The van der Waals surface area contributed by atoms with Crippen molar-refractivity contribution in [1.29, 1.82) is 0 Å². The summed E-state index contributed by atoms with van der Waals surface area (Å²) in [6.07, 6.45) is 8.77. The van der Waals surface area contributed by atoms with E-state index in [1.54, 1.807) is 6.20 Å². The van der Waals surface area contributed by atoms with Crippen LogP contribution in [0.25, 0.3) is 44.3 Å². The molecule has 24 heavy (non-hydrogen) atoms. The monoisotopic (exact) mass is 312 g/mol. The molecule has 0 bridgehead atoms. The van der Waals surface area contributed by atoms with Gasteiger partial charge in [-0.3, -0.25) is 10.1 Å². The fourth-order valence-electron chi connectivity index (χ4n) is 2.95. The van der Waals surface area contributed by atoms with E-state index in [1.165, 1.54) is 6.33 Å². The molecule has 0 amide bonds. The highest BCUT2D eigenvalue weighted by Crippen LogP contribution is 2.31. The van der Waals surface area contributed by atoms with Gasteiger partial charge in [0.05, 0.1) is 11.2 Å². The Labute approximate surface area is 136 Å². The number of hydrogen-bond acceptors (Lipinski definition) is 4. The lowest BCUT2D eigenvalue weighted by Crippen LogP contribution is -1.83. The molecule has 114 valence electrons. The number of hydrogen-bond donors (Lipinski definition) is 2. The first-order chi connectivity index (χ1) is 11.9. The van der Waals surface area contributed by atoms with Crippen molar-refractivity contribution in [1.82, 2.24) is 30.1 Å². The molecule has 5 aromatic rings. The standard InChI is InChI=1S/C18H12N6/c1-2-16-14(5-11(1)13-8-20-10-21-9-13)18(24-23-16)17-6-12-7-19-4-3-15(12)22-17/h1-10,22H,(H,23,24). The molecule has 0 aliphatic rings. The Morgan fingerprint density at radius 3 is 2.58 bits per heavy atom. The van der Waals surface area contributed by atoms with E-state index in [0.717, 1.165) is 44.3 Å². The first-order valence-corrected chi connectivity index (χ1v) is 7.55. The highest BCUT2D eigenvalue weighted by atomic mass is 15.1. The second-order valence-electron chi connectivity index (χ2n) is 5.61. The highest BCUT2D eigenvalue weighted by Gasteiger charge is 2.12. The zero-order chi connectivity index (χ0) is 15.9. The van der Waals surface area contributed by atoms with Gasteiger partial charge in [0.2, 0.25) is 0 Å². The van der Waals surface area contributed by atoms with Gasteiger partial charge >= 0.3 is 0 Å². The van der Waals surface area contributed by atoms with E-state index in [4.69, 9.17) is 0 Å². The van der Waals surface area contributed by atoms with Gasteiger partial charge in [0.1, 0.15) is 12.0 Å². The van der Waals surface area contributed by atoms with E-state index < -0.39 is 0 Å². The average molecular weight is 312 g/mol. The zero-order valence-electron chi connectivity index (χ0n) is 12.6. The van der Waals surface area contributed by atoms with Crippen LogP contribution in [-0.4, -0.2) is 30.1 Å². The maximum absolute atomic E-state index is 4.49. The molecule has 0 saturated carbocycles. The van der Waals surface area contributed by atoms with E-state index in [9.17, 15) is 0 Å². The third-order valence-corrected chi connectivity index (χ3v) is 4.13. The van der Waals surface area contributed by atoms with Gasteiger partial charge in [-0.25, -0.2) is 9.97 Å². The molecule has 0 unspecified atom stereocenters. The van der Waals surface area contributed by atoms with Crippen molar-refractivity contribution in [3.05, 3.63) is 61.4 Å². The SMILES string of the molecule is c1cc2[nH]c(-c3n[nH]c4ccc(-c5cncnc5)cc34)cc2cn1. The Balaban J connectivity index is 1.71. The van der Waals surface area contributed by atoms with E-state index >= 15 is 0 Å². The number of pyridine rings is 1. The van der Waals surface area contributed by atoms with Crippen molar-refractivity contribution in [3.8, 4) is 22.5 Å². The van der Waals surface area contributed by atoms with E-state index in [2.05, 4.69) is 42.3 Å². The number of nitrogens with zero attached hydrogens (tertiary/aromatic N) is 4. The molecule has 4 aromatic heterocycles. The van der Waals surface area contributed by atoms with Crippen molar-refractivity contribution in [3.63, 3.8) is 0 Å². The van der Waals surface area contributed by atoms with Crippen LogP contribution >= 0.6 is 0 Å². The topological polar surface area (TPSA) is 83.1 Å².